The van der Waals surface area contributed by atoms with Crippen LogP contribution in [0.2, 0.25) is 0 Å². The molecule has 3 unspecified atom stereocenters. The number of carbonyl (C=O) groups excluding carboxylic acids is 1. The zero-order valence-corrected chi connectivity index (χ0v) is 25.5. The van der Waals surface area contributed by atoms with Crippen molar-refractivity contribution < 1.29 is 18.0 Å². The Morgan fingerprint density at radius 2 is 1.93 bits per heavy atom. The molecule has 1 aromatic heterocycles. The van der Waals surface area contributed by atoms with Gasteiger partial charge in [-0.3, -0.25) is 4.79 Å². The molecule has 4 atom stereocenters. The van der Waals surface area contributed by atoms with Gasteiger partial charge in [0.25, 0.3) is 0 Å². The van der Waals surface area contributed by atoms with Crippen molar-refractivity contribution in [3.05, 3.63) is 64.0 Å². The third kappa shape index (κ3) is 6.58. The Kier molecular flexibility index (Phi) is 8.50. The lowest BCUT2D eigenvalue weighted by Crippen LogP contribution is -2.42. The first kappa shape index (κ1) is 30.4. The summed E-state index contributed by atoms with van der Waals surface area (Å²) in [5, 5.41) is 0.734. The first-order valence-electron chi connectivity index (χ1n) is 15.6. The first-order chi connectivity index (χ1) is 20.5. The van der Waals surface area contributed by atoms with Gasteiger partial charge in [0.15, 0.2) is 0 Å². The van der Waals surface area contributed by atoms with Crippen molar-refractivity contribution in [1.29, 1.82) is 0 Å². The summed E-state index contributed by atoms with van der Waals surface area (Å²) >= 11 is 6.45. The van der Waals surface area contributed by atoms with Gasteiger partial charge in [0.1, 0.15) is 5.69 Å². The number of nitrogens with zero attached hydrogens (tertiary/aromatic N) is 4. The number of anilines is 1. The number of hydrogen-bond donors (Lipinski definition) is 1. The summed E-state index contributed by atoms with van der Waals surface area (Å²) in [5.74, 6) is 1.20. The second-order valence-electron chi connectivity index (χ2n) is 13.2. The van der Waals surface area contributed by atoms with Crippen LogP contribution in [0.3, 0.4) is 0 Å². The second kappa shape index (κ2) is 12.0. The van der Waals surface area contributed by atoms with Crippen LogP contribution in [-0.2, 0) is 11.0 Å². The van der Waals surface area contributed by atoms with Crippen LogP contribution in [-0.4, -0.2) is 53.0 Å². The summed E-state index contributed by atoms with van der Waals surface area (Å²) in [6.45, 7) is 4.75. The molecular weight excluding hydrogens is 575 g/mol. The van der Waals surface area contributed by atoms with E-state index in [1.165, 1.54) is 16.7 Å². The molecule has 2 saturated heterocycles. The van der Waals surface area contributed by atoms with Crippen molar-refractivity contribution in [3.63, 3.8) is 0 Å². The zero-order chi connectivity index (χ0) is 30.4. The molecule has 1 aromatic rings. The van der Waals surface area contributed by atoms with E-state index in [0.29, 0.717) is 37.8 Å². The molecule has 3 heterocycles. The largest absolute Gasteiger partial charge is 0.433 e. The van der Waals surface area contributed by atoms with E-state index >= 15 is 0 Å². The fourth-order valence-electron chi connectivity index (χ4n) is 7.75. The molecule has 6 nitrogen and oxygen atoms in total. The Morgan fingerprint density at radius 3 is 2.65 bits per heavy atom. The minimum absolute atomic E-state index is 0.0806. The monoisotopic (exact) mass is 615 g/mol. The highest BCUT2D eigenvalue weighted by Gasteiger charge is 2.60. The minimum atomic E-state index is -4.51. The van der Waals surface area contributed by atoms with Crippen molar-refractivity contribution in [1.82, 2.24) is 14.9 Å². The summed E-state index contributed by atoms with van der Waals surface area (Å²) in [4.78, 5) is 25.3. The summed E-state index contributed by atoms with van der Waals surface area (Å²) < 4.78 is 39.4. The van der Waals surface area contributed by atoms with E-state index in [9.17, 15) is 18.0 Å². The predicted molar refractivity (Wildman–Crippen MR) is 162 cm³/mol. The van der Waals surface area contributed by atoms with Crippen LogP contribution < -0.4 is 10.6 Å². The molecule has 2 aliphatic heterocycles. The van der Waals surface area contributed by atoms with E-state index < -0.39 is 11.9 Å². The fraction of sp³-hybridized carbons (Fsp3) is 0.606. The summed E-state index contributed by atoms with van der Waals surface area (Å²) in [6.07, 6.45) is 14.1. The van der Waals surface area contributed by atoms with E-state index in [2.05, 4.69) is 46.1 Å². The number of hydrogen-bond acceptors (Lipinski definition) is 5. The van der Waals surface area contributed by atoms with Crippen molar-refractivity contribution in [2.75, 3.05) is 31.1 Å². The maximum atomic E-state index is 13.6. The van der Waals surface area contributed by atoms with Crippen LogP contribution in [0.4, 0.5) is 19.1 Å². The number of likely N-dealkylation sites (tertiary alicyclic amines) is 1. The van der Waals surface area contributed by atoms with Gasteiger partial charge in [-0.25, -0.2) is 9.97 Å². The standard InChI is InChI=1S/C33H41ClF3N5O/c1-21-4-2-3-5-24(21)18-25(16-22-6-7-28(38)27(34)17-22)26-19-32(26)11-15-42(20-32)30(43)23-9-13-41(14-10-23)31-39-12-8-29(40-31)33(35,36)37/h4-6,8,12,17,23,25-26,28H,2-3,7,9-11,13-16,18-20,38H2,1H3/t25?,26-,28?,32?/m0/s1. The molecule has 2 N–H and O–H groups in total. The molecule has 10 heteroatoms. The van der Waals surface area contributed by atoms with E-state index in [0.717, 1.165) is 75.3 Å². The van der Waals surface area contributed by atoms with Gasteiger partial charge in [-0.2, -0.15) is 13.2 Å². The molecule has 5 aliphatic rings. The highest BCUT2D eigenvalue weighted by molar-refractivity contribution is 6.30. The van der Waals surface area contributed by atoms with Crippen LogP contribution in [0.25, 0.3) is 0 Å². The highest BCUT2D eigenvalue weighted by Crippen LogP contribution is 2.64. The Bertz CT molecular complexity index is 1360. The third-order valence-corrected chi connectivity index (χ3v) is 10.8. The Balaban J connectivity index is 1.08. The molecular formula is C33H41ClF3N5O. The van der Waals surface area contributed by atoms with Gasteiger partial charge in [-0.05, 0) is 99.7 Å². The molecule has 3 aliphatic carbocycles. The lowest BCUT2D eigenvalue weighted by Gasteiger charge is -2.33. The SMILES string of the molecule is CC1=CCCC=C1CC(CC1=CCC(N)C(Cl)=C1)[C@@H]1CC12CCN(C(=O)C1CCN(c3nccc(C(F)(F)F)n3)CC1)C2. The Labute approximate surface area is 256 Å². The van der Waals surface area contributed by atoms with Crippen molar-refractivity contribution in [2.45, 2.75) is 76.9 Å². The Hall–Kier alpha value is -2.65. The van der Waals surface area contributed by atoms with Crippen LogP contribution in [0.1, 0.15) is 70.4 Å². The molecule has 1 spiro atoms. The topological polar surface area (TPSA) is 75.3 Å². The van der Waals surface area contributed by atoms with E-state index in [1.807, 2.05) is 0 Å². The third-order valence-electron chi connectivity index (χ3n) is 10.4. The number of nitrogens with two attached hydrogens (primary N) is 1. The maximum absolute atomic E-state index is 13.6. The number of allylic oxidation sites excluding steroid dienone is 6. The average Bonchev–Trinajstić information content (AvgIpc) is 3.53. The lowest BCUT2D eigenvalue weighted by atomic mass is 9.81. The van der Waals surface area contributed by atoms with Crippen LogP contribution >= 0.6 is 11.6 Å². The van der Waals surface area contributed by atoms with Gasteiger partial charge in [0.05, 0.1) is 0 Å². The minimum Gasteiger partial charge on any atom is -0.342 e. The van der Waals surface area contributed by atoms with Crippen LogP contribution in [0, 0.1) is 23.2 Å². The number of rotatable bonds is 7. The summed E-state index contributed by atoms with van der Waals surface area (Å²) in [7, 11) is 0. The number of alkyl halides is 3. The first-order valence-corrected chi connectivity index (χ1v) is 16.0. The number of aromatic nitrogens is 2. The van der Waals surface area contributed by atoms with E-state index in [-0.39, 0.29) is 29.2 Å². The molecule has 43 heavy (non-hydrogen) atoms. The van der Waals surface area contributed by atoms with Crippen molar-refractivity contribution >= 4 is 23.5 Å². The van der Waals surface area contributed by atoms with Crippen LogP contribution in [0.15, 0.2) is 58.3 Å². The molecule has 0 radical (unpaired) electrons. The van der Waals surface area contributed by atoms with Gasteiger partial charge in [-0.1, -0.05) is 41.0 Å². The van der Waals surface area contributed by atoms with Crippen molar-refractivity contribution in [2.24, 2.45) is 28.9 Å². The number of halogens is 4. The second-order valence-corrected chi connectivity index (χ2v) is 13.6. The quantitative estimate of drug-likeness (QED) is 0.365. The smallest absolute Gasteiger partial charge is 0.342 e. The van der Waals surface area contributed by atoms with E-state index in [4.69, 9.17) is 17.3 Å². The number of amides is 1. The van der Waals surface area contributed by atoms with Gasteiger partial charge < -0.3 is 15.5 Å². The molecule has 1 amide bonds. The molecule has 0 aromatic carbocycles. The number of piperidine rings is 1. The predicted octanol–water partition coefficient (Wildman–Crippen LogP) is 6.79. The molecule has 1 saturated carbocycles. The molecule has 0 bridgehead atoms. The van der Waals surface area contributed by atoms with Gasteiger partial charge >= 0.3 is 6.18 Å². The maximum Gasteiger partial charge on any atom is 0.433 e. The van der Waals surface area contributed by atoms with E-state index in [1.54, 1.807) is 4.90 Å². The van der Waals surface area contributed by atoms with Crippen molar-refractivity contribution in [3.8, 4) is 0 Å². The van der Waals surface area contributed by atoms with Crippen LogP contribution in [0.5, 0.6) is 0 Å². The molecule has 3 fully saturated rings. The lowest BCUT2D eigenvalue weighted by molar-refractivity contribution is -0.141. The highest BCUT2D eigenvalue weighted by atomic mass is 35.5. The summed E-state index contributed by atoms with van der Waals surface area (Å²) in [6, 6.07) is 0.775. The average molecular weight is 616 g/mol. The molecule has 232 valence electrons. The fourth-order valence-corrected chi connectivity index (χ4v) is 7.98. The molecule has 6 rings (SSSR count). The zero-order valence-electron chi connectivity index (χ0n) is 24.8. The Morgan fingerprint density at radius 1 is 1.16 bits per heavy atom. The van der Waals surface area contributed by atoms with Gasteiger partial charge in [0.2, 0.25) is 11.9 Å². The normalized spacial score (nSPS) is 28.8. The van der Waals surface area contributed by atoms with Gasteiger partial charge in [-0.15, -0.1) is 0 Å². The number of carbonyl (C=O) groups is 1. The van der Waals surface area contributed by atoms with Gasteiger partial charge in [0, 0.05) is 49.4 Å². The summed E-state index contributed by atoms with van der Waals surface area (Å²) in [5.41, 5.74) is 9.49.